The Balaban J connectivity index is 2.05. The molecule has 0 unspecified atom stereocenters. The lowest BCUT2D eigenvalue weighted by Crippen LogP contribution is -2.30. The minimum absolute atomic E-state index is 0.123. The summed E-state index contributed by atoms with van der Waals surface area (Å²) in [5, 5.41) is 16.4. The SMILES string of the molecule is CCc1c(C)nn(CC(=O)N[C@H](C)c2ccc(O)c(F)c2)c1C. The molecule has 0 saturated heterocycles. The van der Waals surface area contributed by atoms with Crippen LogP contribution < -0.4 is 5.32 Å². The summed E-state index contributed by atoms with van der Waals surface area (Å²) in [6.07, 6.45) is 0.877. The summed E-state index contributed by atoms with van der Waals surface area (Å²) in [6, 6.07) is 3.72. The van der Waals surface area contributed by atoms with Crippen LogP contribution >= 0.6 is 0 Å². The molecule has 0 fully saturated rings. The van der Waals surface area contributed by atoms with Gasteiger partial charge in [-0.15, -0.1) is 0 Å². The quantitative estimate of drug-likeness (QED) is 0.890. The Morgan fingerprint density at radius 2 is 2.13 bits per heavy atom. The molecule has 0 bridgehead atoms. The number of nitrogens with zero attached hydrogens (tertiary/aromatic N) is 2. The van der Waals surface area contributed by atoms with Crippen LogP contribution in [0.2, 0.25) is 0 Å². The van der Waals surface area contributed by atoms with E-state index in [9.17, 15) is 14.3 Å². The van der Waals surface area contributed by atoms with Crippen LogP contribution in [0, 0.1) is 19.7 Å². The largest absolute Gasteiger partial charge is 0.505 e. The maximum absolute atomic E-state index is 13.4. The zero-order valence-electron chi connectivity index (χ0n) is 13.9. The van der Waals surface area contributed by atoms with Gasteiger partial charge in [-0.2, -0.15) is 5.10 Å². The van der Waals surface area contributed by atoms with Gasteiger partial charge in [-0.3, -0.25) is 9.48 Å². The van der Waals surface area contributed by atoms with E-state index in [-0.39, 0.29) is 18.5 Å². The van der Waals surface area contributed by atoms with Crippen molar-refractivity contribution < 1.29 is 14.3 Å². The van der Waals surface area contributed by atoms with Gasteiger partial charge >= 0.3 is 0 Å². The van der Waals surface area contributed by atoms with Crippen LogP contribution in [-0.2, 0) is 17.8 Å². The number of aromatic hydroxyl groups is 1. The number of rotatable bonds is 5. The average Bonchev–Trinajstić information content (AvgIpc) is 2.75. The lowest BCUT2D eigenvalue weighted by Gasteiger charge is -2.15. The van der Waals surface area contributed by atoms with E-state index in [1.54, 1.807) is 17.7 Å². The van der Waals surface area contributed by atoms with Crippen molar-refractivity contribution in [2.24, 2.45) is 0 Å². The highest BCUT2D eigenvalue weighted by atomic mass is 19.1. The number of benzene rings is 1. The maximum atomic E-state index is 13.4. The van der Waals surface area contributed by atoms with Crippen LogP contribution in [0.4, 0.5) is 4.39 Å². The summed E-state index contributed by atoms with van der Waals surface area (Å²) < 4.78 is 15.1. The number of hydrogen-bond donors (Lipinski definition) is 2. The molecule has 2 N–H and O–H groups in total. The molecular weight excluding hydrogens is 297 g/mol. The van der Waals surface area contributed by atoms with Gasteiger partial charge < -0.3 is 10.4 Å². The molecule has 0 aliphatic carbocycles. The highest BCUT2D eigenvalue weighted by Gasteiger charge is 2.15. The van der Waals surface area contributed by atoms with Crippen LogP contribution in [-0.4, -0.2) is 20.8 Å². The molecule has 0 spiro atoms. The molecule has 0 aliphatic heterocycles. The fourth-order valence-electron chi connectivity index (χ4n) is 2.70. The Morgan fingerprint density at radius 3 is 2.70 bits per heavy atom. The van der Waals surface area contributed by atoms with Crippen molar-refractivity contribution in [3.63, 3.8) is 0 Å². The van der Waals surface area contributed by atoms with Crippen LogP contribution in [0.15, 0.2) is 18.2 Å². The molecule has 0 radical (unpaired) electrons. The zero-order valence-corrected chi connectivity index (χ0v) is 13.9. The molecule has 2 rings (SSSR count). The minimum Gasteiger partial charge on any atom is -0.505 e. The summed E-state index contributed by atoms with van der Waals surface area (Å²) in [5.41, 5.74) is 3.68. The normalized spacial score (nSPS) is 12.2. The molecule has 0 aliphatic rings. The summed E-state index contributed by atoms with van der Waals surface area (Å²) >= 11 is 0. The molecule has 1 atom stereocenters. The van der Waals surface area contributed by atoms with Crippen molar-refractivity contribution >= 4 is 5.91 Å². The Bertz CT molecular complexity index is 725. The predicted molar refractivity (Wildman–Crippen MR) is 85.7 cm³/mol. The van der Waals surface area contributed by atoms with Gasteiger partial charge in [-0.05, 0) is 50.5 Å². The van der Waals surface area contributed by atoms with Gasteiger partial charge in [0.25, 0.3) is 0 Å². The second kappa shape index (κ2) is 6.81. The minimum atomic E-state index is -0.699. The van der Waals surface area contributed by atoms with Crippen molar-refractivity contribution in [1.82, 2.24) is 15.1 Å². The molecule has 23 heavy (non-hydrogen) atoms. The first-order valence-electron chi connectivity index (χ1n) is 7.64. The lowest BCUT2D eigenvalue weighted by atomic mass is 10.1. The predicted octanol–water partition coefficient (Wildman–Crippen LogP) is 2.78. The van der Waals surface area contributed by atoms with Crippen molar-refractivity contribution in [2.45, 2.75) is 46.7 Å². The van der Waals surface area contributed by atoms with Crippen molar-refractivity contribution in [2.75, 3.05) is 0 Å². The topological polar surface area (TPSA) is 67.2 Å². The Morgan fingerprint density at radius 1 is 1.43 bits per heavy atom. The second-order valence-electron chi connectivity index (χ2n) is 5.66. The van der Waals surface area contributed by atoms with Crippen LogP contribution in [0.1, 0.15) is 42.4 Å². The number of aryl methyl sites for hydroxylation is 1. The zero-order chi connectivity index (χ0) is 17.1. The highest BCUT2D eigenvalue weighted by molar-refractivity contribution is 5.76. The second-order valence-corrected chi connectivity index (χ2v) is 5.66. The summed E-state index contributed by atoms with van der Waals surface area (Å²) in [7, 11) is 0. The van der Waals surface area contributed by atoms with E-state index in [1.807, 2.05) is 13.8 Å². The molecule has 2 aromatic rings. The monoisotopic (exact) mass is 319 g/mol. The first-order valence-corrected chi connectivity index (χ1v) is 7.64. The standard InChI is InChI=1S/C17H22FN3O2/c1-5-14-11(3)20-21(12(14)4)9-17(23)19-10(2)13-6-7-16(22)15(18)8-13/h6-8,10,22H,5,9H2,1-4H3,(H,19,23)/t10-/m1/s1. The number of halogens is 1. The van der Waals surface area contributed by atoms with Gasteiger partial charge in [0.15, 0.2) is 11.6 Å². The lowest BCUT2D eigenvalue weighted by molar-refractivity contribution is -0.122. The molecule has 5 nitrogen and oxygen atoms in total. The van der Waals surface area contributed by atoms with Gasteiger partial charge in [0.1, 0.15) is 6.54 Å². The summed E-state index contributed by atoms with van der Waals surface area (Å²) in [5.74, 6) is -1.30. The number of hydrogen-bond acceptors (Lipinski definition) is 3. The third kappa shape index (κ3) is 3.70. The van der Waals surface area contributed by atoms with E-state index < -0.39 is 11.6 Å². The van der Waals surface area contributed by atoms with E-state index in [0.717, 1.165) is 23.4 Å². The fraction of sp³-hybridized carbons (Fsp3) is 0.412. The number of carbonyl (C=O) groups excluding carboxylic acids is 1. The number of phenolic OH excluding ortho intramolecular Hbond substituents is 1. The Labute approximate surface area is 135 Å². The van der Waals surface area contributed by atoms with Crippen molar-refractivity contribution in [3.05, 3.63) is 46.5 Å². The third-order valence-electron chi connectivity index (χ3n) is 4.03. The third-order valence-corrected chi connectivity index (χ3v) is 4.03. The van der Waals surface area contributed by atoms with Gasteiger partial charge in [-0.1, -0.05) is 13.0 Å². The Hall–Kier alpha value is -2.37. The molecule has 1 heterocycles. The molecular formula is C17H22FN3O2. The van der Waals surface area contributed by atoms with E-state index in [1.165, 1.54) is 12.1 Å². The first kappa shape index (κ1) is 17.0. The van der Waals surface area contributed by atoms with Gasteiger partial charge in [0, 0.05) is 5.69 Å². The smallest absolute Gasteiger partial charge is 0.242 e. The fourth-order valence-corrected chi connectivity index (χ4v) is 2.70. The summed E-state index contributed by atoms with van der Waals surface area (Å²) in [6.45, 7) is 7.83. The molecule has 1 amide bonds. The average molecular weight is 319 g/mol. The van der Waals surface area contributed by atoms with Gasteiger partial charge in [0.05, 0.1) is 11.7 Å². The van der Waals surface area contributed by atoms with Gasteiger partial charge in [-0.25, -0.2) is 4.39 Å². The molecule has 0 saturated carbocycles. The van der Waals surface area contributed by atoms with Crippen molar-refractivity contribution in [1.29, 1.82) is 0 Å². The summed E-state index contributed by atoms with van der Waals surface area (Å²) in [4.78, 5) is 12.2. The number of nitrogens with one attached hydrogen (secondary N) is 1. The maximum Gasteiger partial charge on any atom is 0.242 e. The van der Waals surface area contributed by atoms with Crippen LogP contribution in [0.3, 0.4) is 0 Å². The van der Waals surface area contributed by atoms with E-state index in [4.69, 9.17) is 0 Å². The highest BCUT2D eigenvalue weighted by Crippen LogP contribution is 2.20. The molecule has 1 aromatic carbocycles. The Kier molecular flexibility index (Phi) is 5.03. The molecule has 124 valence electrons. The number of phenols is 1. The number of carbonyl (C=O) groups is 1. The molecule has 6 heteroatoms. The van der Waals surface area contributed by atoms with E-state index in [0.29, 0.717) is 5.56 Å². The molecule has 1 aromatic heterocycles. The van der Waals surface area contributed by atoms with Crippen LogP contribution in [0.25, 0.3) is 0 Å². The number of amides is 1. The van der Waals surface area contributed by atoms with E-state index in [2.05, 4.69) is 17.3 Å². The number of aromatic nitrogens is 2. The van der Waals surface area contributed by atoms with Gasteiger partial charge in [0.2, 0.25) is 5.91 Å². The van der Waals surface area contributed by atoms with Crippen LogP contribution in [0.5, 0.6) is 5.75 Å². The van der Waals surface area contributed by atoms with Crippen molar-refractivity contribution in [3.8, 4) is 5.75 Å². The first-order chi connectivity index (χ1) is 10.8. The van der Waals surface area contributed by atoms with E-state index >= 15 is 0 Å².